The van der Waals surface area contributed by atoms with Gasteiger partial charge in [-0.15, -0.1) is 0 Å². The summed E-state index contributed by atoms with van der Waals surface area (Å²) in [6.45, 7) is 11.9. The lowest BCUT2D eigenvalue weighted by atomic mass is 9.99. The van der Waals surface area contributed by atoms with Crippen LogP contribution in [0.1, 0.15) is 60.8 Å². The van der Waals surface area contributed by atoms with E-state index >= 15 is 0 Å². The van der Waals surface area contributed by atoms with Crippen molar-refractivity contribution in [1.29, 1.82) is 0 Å². The number of thioether (sulfide) groups is 1. The van der Waals surface area contributed by atoms with Gasteiger partial charge in [0.1, 0.15) is 6.10 Å². The SMILES string of the molecule is CC(C)(C)OC1/C=C/C(OC(=O)SC(C)(C)C)CC(O)CC1. The molecule has 0 heterocycles. The van der Waals surface area contributed by atoms with E-state index in [2.05, 4.69) is 0 Å². The van der Waals surface area contributed by atoms with Crippen LogP contribution in [0.3, 0.4) is 0 Å². The zero-order chi connectivity index (χ0) is 17.0. The fraction of sp³-hybridized carbons (Fsp3) is 0.824. The summed E-state index contributed by atoms with van der Waals surface area (Å²) in [5, 5.41) is 9.76. The molecule has 0 aliphatic heterocycles. The number of hydrogen-bond acceptors (Lipinski definition) is 5. The maximum absolute atomic E-state index is 11.9. The van der Waals surface area contributed by atoms with Gasteiger partial charge in [-0.25, -0.2) is 4.79 Å². The van der Waals surface area contributed by atoms with Crippen molar-refractivity contribution in [2.75, 3.05) is 0 Å². The Labute approximate surface area is 138 Å². The molecule has 3 unspecified atom stereocenters. The van der Waals surface area contributed by atoms with E-state index in [0.717, 1.165) is 6.42 Å². The molecule has 3 atom stereocenters. The maximum Gasteiger partial charge on any atom is 0.368 e. The number of hydrogen-bond donors (Lipinski definition) is 1. The van der Waals surface area contributed by atoms with Crippen molar-refractivity contribution < 1.29 is 19.4 Å². The minimum absolute atomic E-state index is 0.0635. The van der Waals surface area contributed by atoms with E-state index in [0.29, 0.717) is 12.8 Å². The molecule has 128 valence electrons. The Hall–Kier alpha value is -0.520. The first-order chi connectivity index (χ1) is 9.94. The molecular formula is C17H30O4S. The van der Waals surface area contributed by atoms with Crippen LogP contribution in [0.2, 0.25) is 0 Å². The lowest BCUT2D eigenvalue weighted by molar-refractivity contribution is -0.0486. The van der Waals surface area contributed by atoms with Crippen LogP contribution in [-0.4, -0.2) is 39.1 Å². The van der Waals surface area contributed by atoms with Gasteiger partial charge in [-0.3, -0.25) is 0 Å². The third-order valence-corrected chi connectivity index (χ3v) is 3.85. The highest BCUT2D eigenvalue weighted by Gasteiger charge is 2.25. The monoisotopic (exact) mass is 330 g/mol. The molecule has 0 aromatic heterocycles. The lowest BCUT2D eigenvalue weighted by Gasteiger charge is -2.29. The van der Waals surface area contributed by atoms with E-state index in [1.165, 1.54) is 11.8 Å². The van der Waals surface area contributed by atoms with Crippen molar-refractivity contribution in [2.24, 2.45) is 0 Å². The Morgan fingerprint density at radius 1 is 1.09 bits per heavy atom. The summed E-state index contributed by atoms with van der Waals surface area (Å²) in [5.41, 5.74) is -0.243. The number of carbonyl (C=O) groups excluding carboxylic acids is 1. The second kappa shape index (κ2) is 7.84. The van der Waals surface area contributed by atoms with Crippen molar-refractivity contribution in [2.45, 2.75) is 89.5 Å². The molecule has 1 aliphatic carbocycles. The molecule has 0 saturated carbocycles. The molecule has 0 aromatic carbocycles. The minimum Gasteiger partial charge on any atom is -0.450 e. The smallest absolute Gasteiger partial charge is 0.368 e. The average Bonchev–Trinajstić information content (AvgIpc) is 2.26. The van der Waals surface area contributed by atoms with E-state index in [1.54, 1.807) is 0 Å². The number of aliphatic hydroxyl groups excluding tert-OH is 1. The van der Waals surface area contributed by atoms with Crippen LogP contribution in [0.15, 0.2) is 12.2 Å². The third kappa shape index (κ3) is 8.81. The first-order valence-corrected chi connectivity index (χ1v) is 8.70. The van der Waals surface area contributed by atoms with E-state index < -0.39 is 12.2 Å². The number of aliphatic hydroxyl groups is 1. The molecule has 1 N–H and O–H groups in total. The molecule has 0 radical (unpaired) electrons. The minimum atomic E-state index is -0.478. The average molecular weight is 330 g/mol. The molecule has 0 fully saturated rings. The zero-order valence-corrected chi connectivity index (χ0v) is 15.4. The predicted molar refractivity (Wildman–Crippen MR) is 91.2 cm³/mol. The van der Waals surface area contributed by atoms with Crippen LogP contribution in [-0.2, 0) is 9.47 Å². The maximum atomic E-state index is 11.9. The van der Waals surface area contributed by atoms with Crippen LogP contribution < -0.4 is 0 Å². The van der Waals surface area contributed by atoms with Gasteiger partial charge in [-0.2, -0.15) is 0 Å². The van der Waals surface area contributed by atoms with Crippen molar-refractivity contribution in [3.63, 3.8) is 0 Å². The van der Waals surface area contributed by atoms with Crippen molar-refractivity contribution in [1.82, 2.24) is 0 Å². The van der Waals surface area contributed by atoms with Crippen molar-refractivity contribution in [3.8, 4) is 0 Å². The standard InChI is InChI=1S/C17H30O4S/c1-16(2,3)21-13-8-7-12(18)11-14(10-9-13)20-15(19)22-17(4,5)6/h9-10,12-14,18H,7-8,11H2,1-6H3/b10-9+. The molecule has 0 aromatic rings. The first-order valence-electron chi connectivity index (χ1n) is 7.88. The predicted octanol–water partition coefficient (Wildman–Crippen LogP) is 4.31. The molecule has 0 saturated heterocycles. The van der Waals surface area contributed by atoms with Gasteiger partial charge in [0.2, 0.25) is 0 Å². The largest absolute Gasteiger partial charge is 0.450 e. The van der Waals surface area contributed by atoms with Crippen LogP contribution in [0, 0.1) is 0 Å². The first kappa shape index (κ1) is 19.5. The molecule has 5 heteroatoms. The number of rotatable bonds is 2. The highest BCUT2D eigenvalue weighted by Crippen LogP contribution is 2.27. The summed E-state index contributed by atoms with van der Waals surface area (Å²) < 4.78 is 11.2. The lowest BCUT2D eigenvalue weighted by Crippen LogP contribution is -2.30. The van der Waals surface area contributed by atoms with Crippen LogP contribution >= 0.6 is 11.8 Å². The van der Waals surface area contributed by atoms with Crippen molar-refractivity contribution in [3.05, 3.63) is 12.2 Å². The van der Waals surface area contributed by atoms with Gasteiger partial charge in [-0.05, 0) is 51.5 Å². The zero-order valence-electron chi connectivity index (χ0n) is 14.6. The summed E-state index contributed by atoms with van der Waals surface area (Å²) >= 11 is 1.17. The van der Waals surface area contributed by atoms with Gasteiger partial charge in [0.05, 0.1) is 17.8 Å². The summed E-state index contributed by atoms with van der Waals surface area (Å²) in [6.07, 6.45) is 4.72. The van der Waals surface area contributed by atoms with E-state index in [-0.39, 0.29) is 21.8 Å². The van der Waals surface area contributed by atoms with Gasteiger partial charge in [0.25, 0.3) is 0 Å². The summed E-state index contributed by atoms with van der Waals surface area (Å²) in [7, 11) is 0. The Morgan fingerprint density at radius 3 is 2.23 bits per heavy atom. The molecule has 0 bridgehead atoms. The molecule has 4 nitrogen and oxygen atoms in total. The van der Waals surface area contributed by atoms with E-state index in [4.69, 9.17) is 9.47 Å². The molecule has 22 heavy (non-hydrogen) atoms. The molecule has 1 rings (SSSR count). The topological polar surface area (TPSA) is 55.8 Å². The summed E-state index contributed by atoms with van der Waals surface area (Å²) in [5.74, 6) is 0. The normalized spacial score (nSPS) is 28.6. The van der Waals surface area contributed by atoms with Crippen LogP contribution in [0.4, 0.5) is 4.79 Å². The fourth-order valence-electron chi connectivity index (χ4n) is 2.20. The number of carbonyl (C=O) groups is 1. The van der Waals surface area contributed by atoms with Gasteiger partial charge in [0, 0.05) is 11.2 Å². The number of ether oxygens (including phenoxy) is 2. The Kier molecular flexibility index (Phi) is 6.96. The summed E-state index contributed by atoms with van der Waals surface area (Å²) in [4.78, 5) is 11.9. The molecule has 0 spiro atoms. The second-order valence-electron chi connectivity index (χ2n) is 7.74. The van der Waals surface area contributed by atoms with Gasteiger partial charge < -0.3 is 14.6 Å². The van der Waals surface area contributed by atoms with E-state index in [9.17, 15) is 9.90 Å². The fourth-order valence-corrected chi connectivity index (χ4v) is 2.87. The van der Waals surface area contributed by atoms with Gasteiger partial charge in [0.15, 0.2) is 0 Å². The van der Waals surface area contributed by atoms with E-state index in [1.807, 2.05) is 53.7 Å². The Balaban J connectivity index is 2.67. The Morgan fingerprint density at radius 2 is 1.68 bits per heavy atom. The second-order valence-corrected chi connectivity index (χ2v) is 9.50. The molecule has 0 amide bonds. The van der Waals surface area contributed by atoms with Crippen molar-refractivity contribution >= 4 is 17.1 Å². The van der Waals surface area contributed by atoms with Crippen LogP contribution in [0.5, 0.6) is 0 Å². The molecular weight excluding hydrogens is 300 g/mol. The third-order valence-electron chi connectivity index (χ3n) is 2.97. The Bertz CT molecular complexity index is 392. The summed E-state index contributed by atoms with van der Waals surface area (Å²) in [6, 6.07) is 0. The quantitative estimate of drug-likeness (QED) is 0.604. The highest BCUT2D eigenvalue weighted by atomic mass is 32.2. The highest BCUT2D eigenvalue weighted by molar-refractivity contribution is 8.14. The van der Waals surface area contributed by atoms with Gasteiger partial charge in [-0.1, -0.05) is 26.8 Å². The molecule has 1 aliphatic rings. The van der Waals surface area contributed by atoms with Crippen LogP contribution in [0.25, 0.3) is 0 Å². The van der Waals surface area contributed by atoms with Gasteiger partial charge >= 0.3 is 5.30 Å².